The third kappa shape index (κ3) is 2.08. The van der Waals surface area contributed by atoms with Gasteiger partial charge >= 0.3 is 6.03 Å². The molecule has 1 aliphatic rings. The first-order chi connectivity index (χ1) is 10.0. The summed E-state index contributed by atoms with van der Waals surface area (Å²) >= 11 is 0. The first-order valence-corrected chi connectivity index (χ1v) is 6.68. The van der Waals surface area contributed by atoms with E-state index in [9.17, 15) is 9.59 Å². The predicted octanol–water partition coefficient (Wildman–Crippen LogP) is 1.39. The Kier molecular flexibility index (Phi) is 3.01. The third-order valence-electron chi connectivity index (χ3n) is 3.88. The minimum atomic E-state index is -1.01. The van der Waals surface area contributed by atoms with Gasteiger partial charge in [-0.2, -0.15) is 5.10 Å². The van der Waals surface area contributed by atoms with E-state index >= 15 is 0 Å². The lowest BCUT2D eigenvalue weighted by Crippen LogP contribution is -2.43. The lowest BCUT2D eigenvalue weighted by molar-refractivity contribution is -0.126. The molecule has 1 saturated heterocycles. The van der Waals surface area contributed by atoms with Gasteiger partial charge in [0.2, 0.25) is 0 Å². The molecule has 0 radical (unpaired) electrons. The standard InChI is InChI=1S/C15H16N4O2/c1-15(12-6-4-3-5-7-12)13(20)17-14(21)19(15)10-11-8-16-18(2)9-11/h3-9H,10H2,1-2H3,(H,17,20,21). The minimum Gasteiger partial charge on any atom is -0.301 e. The van der Waals surface area contributed by atoms with Crippen molar-refractivity contribution in [2.75, 3.05) is 0 Å². The predicted molar refractivity (Wildman–Crippen MR) is 76.1 cm³/mol. The Balaban J connectivity index is 2.00. The second kappa shape index (κ2) is 4.73. The maximum absolute atomic E-state index is 12.3. The average molecular weight is 284 g/mol. The molecule has 1 unspecified atom stereocenters. The largest absolute Gasteiger partial charge is 0.325 e. The Labute approximate surface area is 122 Å². The number of nitrogens with zero attached hydrogens (tertiary/aromatic N) is 3. The van der Waals surface area contributed by atoms with Gasteiger partial charge in [-0.25, -0.2) is 4.79 Å². The number of carbonyl (C=O) groups is 2. The van der Waals surface area contributed by atoms with Gasteiger partial charge in [0, 0.05) is 18.8 Å². The van der Waals surface area contributed by atoms with Crippen LogP contribution in [0.5, 0.6) is 0 Å². The normalized spacial score (nSPS) is 21.7. The molecule has 21 heavy (non-hydrogen) atoms. The van der Waals surface area contributed by atoms with E-state index in [2.05, 4.69) is 10.4 Å². The zero-order chi connectivity index (χ0) is 15.0. The Morgan fingerprint density at radius 1 is 1.24 bits per heavy atom. The molecule has 1 aromatic heterocycles. The van der Waals surface area contributed by atoms with E-state index in [-0.39, 0.29) is 11.9 Å². The maximum Gasteiger partial charge on any atom is 0.325 e. The molecule has 6 nitrogen and oxygen atoms in total. The molecule has 1 atom stereocenters. The molecular formula is C15H16N4O2. The van der Waals surface area contributed by atoms with Crippen LogP contribution in [-0.4, -0.2) is 26.6 Å². The van der Waals surface area contributed by atoms with Crippen LogP contribution in [0.4, 0.5) is 4.79 Å². The molecule has 3 rings (SSSR count). The highest BCUT2D eigenvalue weighted by molar-refractivity contribution is 6.07. The van der Waals surface area contributed by atoms with E-state index in [4.69, 9.17) is 0 Å². The summed E-state index contributed by atoms with van der Waals surface area (Å²) in [5.41, 5.74) is 0.663. The lowest BCUT2D eigenvalue weighted by atomic mass is 9.90. The molecular weight excluding hydrogens is 268 g/mol. The van der Waals surface area contributed by atoms with E-state index < -0.39 is 5.54 Å². The molecule has 1 fully saturated rings. The van der Waals surface area contributed by atoms with Crippen LogP contribution in [0.2, 0.25) is 0 Å². The number of nitrogens with one attached hydrogen (secondary N) is 1. The first kappa shape index (κ1) is 13.4. The SMILES string of the molecule is Cn1cc(CN2C(=O)NC(=O)C2(C)c2ccccc2)cn1. The molecule has 2 heterocycles. The zero-order valence-corrected chi connectivity index (χ0v) is 11.9. The molecule has 2 aromatic rings. The van der Waals surface area contributed by atoms with Crippen molar-refractivity contribution >= 4 is 11.9 Å². The van der Waals surface area contributed by atoms with Crippen molar-refractivity contribution in [1.82, 2.24) is 20.0 Å². The van der Waals surface area contributed by atoms with Gasteiger partial charge in [-0.3, -0.25) is 14.8 Å². The van der Waals surface area contributed by atoms with Crippen LogP contribution >= 0.6 is 0 Å². The van der Waals surface area contributed by atoms with Gasteiger partial charge in [-0.1, -0.05) is 30.3 Å². The summed E-state index contributed by atoms with van der Waals surface area (Å²) < 4.78 is 1.67. The Bertz CT molecular complexity index is 695. The number of benzene rings is 1. The summed E-state index contributed by atoms with van der Waals surface area (Å²) in [5.74, 6) is -0.303. The quantitative estimate of drug-likeness (QED) is 0.866. The summed E-state index contributed by atoms with van der Waals surface area (Å²) in [6.45, 7) is 2.09. The van der Waals surface area contributed by atoms with Crippen LogP contribution in [0, 0.1) is 0 Å². The van der Waals surface area contributed by atoms with E-state index in [0.717, 1.165) is 11.1 Å². The van der Waals surface area contributed by atoms with Crippen molar-refractivity contribution in [2.45, 2.75) is 19.0 Å². The molecule has 0 aliphatic carbocycles. The molecule has 6 heteroatoms. The number of rotatable bonds is 3. The van der Waals surface area contributed by atoms with Gasteiger partial charge in [0.05, 0.1) is 12.7 Å². The van der Waals surface area contributed by atoms with Crippen molar-refractivity contribution in [3.63, 3.8) is 0 Å². The number of imide groups is 1. The van der Waals surface area contributed by atoms with Crippen LogP contribution in [-0.2, 0) is 23.9 Å². The van der Waals surface area contributed by atoms with E-state index in [1.807, 2.05) is 43.6 Å². The van der Waals surface area contributed by atoms with Crippen LogP contribution in [0.15, 0.2) is 42.7 Å². The first-order valence-electron chi connectivity index (χ1n) is 6.68. The number of hydrogen-bond acceptors (Lipinski definition) is 3. The number of hydrogen-bond donors (Lipinski definition) is 1. The highest BCUT2D eigenvalue weighted by Crippen LogP contribution is 2.33. The van der Waals surface area contributed by atoms with E-state index in [1.165, 1.54) is 0 Å². The molecule has 3 amide bonds. The van der Waals surface area contributed by atoms with Gasteiger partial charge in [0.25, 0.3) is 5.91 Å². The molecule has 108 valence electrons. The Morgan fingerprint density at radius 3 is 2.57 bits per heavy atom. The van der Waals surface area contributed by atoms with Gasteiger partial charge < -0.3 is 4.90 Å². The fraction of sp³-hybridized carbons (Fsp3) is 0.267. The number of aryl methyl sites for hydroxylation is 1. The molecule has 1 N–H and O–H groups in total. The summed E-state index contributed by atoms with van der Waals surface area (Å²) in [5, 5.41) is 6.50. The average Bonchev–Trinajstić information content (AvgIpc) is 2.98. The number of urea groups is 1. The lowest BCUT2D eigenvalue weighted by Gasteiger charge is -2.32. The number of carbonyl (C=O) groups excluding carboxylic acids is 2. The molecule has 0 saturated carbocycles. The fourth-order valence-electron chi connectivity index (χ4n) is 2.63. The topological polar surface area (TPSA) is 67.2 Å². The summed E-state index contributed by atoms with van der Waals surface area (Å²) in [4.78, 5) is 26.0. The van der Waals surface area contributed by atoms with Crippen LogP contribution in [0.25, 0.3) is 0 Å². The second-order valence-electron chi connectivity index (χ2n) is 5.31. The van der Waals surface area contributed by atoms with Crippen LogP contribution in [0.1, 0.15) is 18.1 Å². The van der Waals surface area contributed by atoms with Crippen molar-refractivity contribution < 1.29 is 9.59 Å². The van der Waals surface area contributed by atoms with E-state index in [1.54, 1.807) is 22.7 Å². The Morgan fingerprint density at radius 2 is 1.95 bits per heavy atom. The fourth-order valence-corrected chi connectivity index (χ4v) is 2.63. The van der Waals surface area contributed by atoms with E-state index in [0.29, 0.717) is 6.54 Å². The van der Waals surface area contributed by atoms with Crippen LogP contribution in [0.3, 0.4) is 0 Å². The van der Waals surface area contributed by atoms with Crippen LogP contribution < -0.4 is 5.32 Å². The molecule has 1 aliphatic heterocycles. The van der Waals surface area contributed by atoms with Gasteiger partial charge in [-0.05, 0) is 12.5 Å². The minimum absolute atomic E-state index is 0.303. The van der Waals surface area contributed by atoms with Gasteiger partial charge in [0.1, 0.15) is 5.54 Å². The van der Waals surface area contributed by atoms with Gasteiger partial charge in [-0.15, -0.1) is 0 Å². The van der Waals surface area contributed by atoms with Crippen molar-refractivity contribution in [3.8, 4) is 0 Å². The zero-order valence-electron chi connectivity index (χ0n) is 11.9. The summed E-state index contributed by atoms with van der Waals surface area (Å²) in [6.07, 6.45) is 3.53. The summed E-state index contributed by atoms with van der Waals surface area (Å²) in [7, 11) is 1.81. The monoisotopic (exact) mass is 284 g/mol. The second-order valence-corrected chi connectivity index (χ2v) is 5.31. The van der Waals surface area contributed by atoms with Crippen molar-refractivity contribution in [3.05, 3.63) is 53.9 Å². The van der Waals surface area contributed by atoms with Crippen molar-refractivity contribution in [1.29, 1.82) is 0 Å². The third-order valence-corrected chi connectivity index (χ3v) is 3.88. The maximum atomic E-state index is 12.3. The number of amides is 3. The van der Waals surface area contributed by atoms with Crippen molar-refractivity contribution in [2.24, 2.45) is 7.05 Å². The highest BCUT2D eigenvalue weighted by atomic mass is 16.2. The Hall–Kier alpha value is -2.63. The smallest absolute Gasteiger partial charge is 0.301 e. The highest BCUT2D eigenvalue weighted by Gasteiger charge is 2.50. The molecule has 0 spiro atoms. The molecule has 0 bridgehead atoms. The van der Waals surface area contributed by atoms with Gasteiger partial charge in [0.15, 0.2) is 0 Å². The summed E-state index contributed by atoms with van der Waals surface area (Å²) in [6, 6.07) is 8.93. The number of aromatic nitrogens is 2. The molecule has 1 aromatic carbocycles.